The molecular weight excluding hydrogens is 270 g/mol. The van der Waals surface area contributed by atoms with E-state index < -0.39 is 10.0 Å². The molecule has 0 aliphatic rings. The second kappa shape index (κ2) is 5.51. The Morgan fingerprint density at radius 3 is 2.39 bits per heavy atom. The number of benzene rings is 1. The zero-order valence-corrected chi connectivity index (χ0v) is 11.2. The molecule has 1 heterocycles. The molecule has 2 rings (SSSR count). The van der Waals surface area contributed by atoms with Crippen LogP contribution in [0, 0.1) is 0 Å². The van der Waals surface area contributed by atoms with E-state index in [1.807, 2.05) is 6.07 Å². The van der Waals surface area contributed by atoms with Crippen molar-refractivity contribution in [1.29, 1.82) is 0 Å². The number of sulfonamides is 1. The summed E-state index contributed by atoms with van der Waals surface area (Å²) < 4.78 is 26.3. The van der Waals surface area contributed by atoms with Crippen LogP contribution in [-0.4, -0.2) is 26.7 Å². The van der Waals surface area contributed by atoms with Crippen molar-refractivity contribution in [2.24, 2.45) is 0 Å². The Bertz CT molecular complexity index is 579. The summed E-state index contributed by atoms with van der Waals surface area (Å²) in [6.45, 7) is -0.177. The summed E-state index contributed by atoms with van der Waals surface area (Å²) in [5.74, 6) is 0. The van der Waals surface area contributed by atoms with Crippen molar-refractivity contribution in [3.63, 3.8) is 0 Å². The van der Waals surface area contributed by atoms with Crippen LogP contribution in [0.25, 0.3) is 0 Å². The maximum absolute atomic E-state index is 12.4. The summed E-state index contributed by atoms with van der Waals surface area (Å²) in [5, 5.41) is 10.8. The van der Waals surface area contributed by atoms with E-state index in [4.69, 9.17) is 5.11 Å². The summed E-state index contributed by atoms with van der Waals surface area (Å²) >= 11 is 1.17. The van der Waals surface area contributed by atoms with Crippen LogP contribution in [0.2, 0.25) is 0 Å². The fourth-order valence-corrected chi connectivity index (χ4v) is 4.15. The summed E-state index contributed by atoms with van der Waals surface area (Å²) in [7, 11) is -3.58. The molecule has 0 fully saturated rings. The molecule has 0 bridgehead atoms. The van der Waals surface area contributed by atoms with Crippen molar-refractivity contribution in [2.45, 2.75) is 4.21 Å². The van der Waals surface area contributed by atoms with Gasteiger partial charge in [0, 0.05) is 0 Å². The van der Waals surface area contributed by atoms with Crippen molar-refractivity contribution in [3.05, 3.63) is 47.8 Å². The normalized spacial score (nSPS) is 11.4. The van der Waals surface area contributed by atoms with Gasteiger partial charge >= 0.3 is 0 Å². The predicted molar refractivity (Wildman–Crippen MR) is 72.4 cm³/mol. The number of para-hydroxylation sites is 1. The first-order valence-corrected chi connectivity index (χ1v) is 7.70. The van der Waals surface area contributed by atoms with Crippen molar-refractivity contribution in [1.82, 2.24) is 0 Å². The number of thiophene rings is 1. The lowest BCUT2D eigenvalue weighted by atomic mass is 10.3. The lowest BCUT2D eigenvalue weighted by Gasteiger charge is -2.22. The molecule has 2 aromatic rings. The van der Waals surface area contributed by atoms with Crippen molar-refractivity contribution >= 4 is 27.0 Å². The predicted octanol–water partition coefficient (Wildman–Crippen LogP) is 1.94. The van der Waals surface area contributed by atoms with E-state index in [0.717, 1.165) is 0 Å². The lowest BCUT2D eigenvalue weighted by Crippen LogP contribution is -2.33. The monoisotopic (exact) mass is 283 g/mol. The molecule has 0 aliphatic carbocycles. The molecule has 1 N–H and O–H groups in total. The SMILES string of the molecule is O=S(=O)(c1cccs1)N(CCO)c1ccccc1. The first-order valence-electron chi connectivity index (χ1n) is 5.38. The largest absolute Gasteiger partial charge is 0.394 e. The molecule has 0 atom stereocenters. The Morgan fingerprint density at radius 2 is 1.83 bits per heavy atom. The average molecular weight is 283 g/mol. The molecular formula is C12H13NO3S2. The van der Waals surface area contributed by atoms with Crippen LogP contribution in [-0.2, 0) is 10.0 Å². The second-order valence-electron chi connectivity index (χ2n) is 3.57. The molecule has 1 aromatic carbocycles. The van der Waals surface area contributed by atoms with Gasteiger partial charge in [0.1, 0.15) is 4.21 Å². The fraction of sp³-hybridized carbons (Fsp3) is 0.167. The highest BCUT2D eigenvalue weighted by atomic mass is 32.2. The van der Waals surface area contributed by atoms with Gasteiger partial charge in [-0.05, 0) is 23.6 Å². The number of nitrogens with zero attached hydrogens (tertiary/aromatic N) is 1. The van der Waals surface area contributed by atoms with Crippen molar-refractivity contribution < 1.29 is 13.5 Å². The fourth-order valence-electron chi connectivity index (χ4n) is 1.59. The van der Waals surface area contributed by atoms with Crippen LogP contribution < -0.4 is 4.31 Å². The zero-order valence-electron chi connectivity index (χ0n) is 9.56. The van der Waals surface area contributed by atoms with E-state index in [1.54, 1.807) is 41.8 Å². The van der Waals surface area contributed by atoms with Crippen LogP contribution in [0.3, 0.4) is 0 Å². The third-order valence-electron chi connectivity index (χ3n) is 2.39. The molecule has 0 saturated carbocycles. The topological polar surface area (TPSA) is 57.6 Å². The van der Waals surface area contributed by atoms with Crippen molar-refractivity contribution in [2.75, 3.05) is 17.5 Å². The standard InChI is InChI=1S/C12H13NO3S2/c14-9-8-13(11-5-2-1-3-6-11)18(15,16)12-7-4-10-17-12/h1-7,10,14H,8-9H2. The molecule has 0 aliphatic heterocycles. The molecule has 6 heteroatoms. The minimum absolute atomic E-state index is 0.0459. The van der Waals surface area contributed by atoms with E-state index in [0.29, 0.717) is 5.69 Å². The highest BCUT2D eigenvalue weighted by Crippen LogP contribution is 2.25. The quantitative estimate of drug-likeness (QED) is 0.912. The van der Waals surface area contributed by atoms with Gasteiger partial charge in [-0.25, -0.2) is 8.42 Å². The number of rotatable bonds is 5. The number of aliphatic hydroxyl groups is 1. The molecule has 0 saturated heterocycles. The van der Waals surface area contributed by atoms with E-state index in [1.165, 1.54) is 15.6 Å². The summed E-state index contributed by atoms with van der Waals surface area (Å²) in [6.07, 6.45) is 0. The first kappa shape index (κ1) is 13.1. The molecule has 96 valence electrons. The van der Waals surface area contributed by atoms with Gasteiger partial charge in [0.2, 0.25) is 0 Å². The van der Waals surface area contributed by atoms with Gasteiger partial charge in [-0.1, -0.05) is 24.3 Å². The van der Waals surface area contributed by atoms with Gasteiger partial charge in [0.05, 0.1) is 18.8 Å². The van der Waals surface area contributed by atoms with E-state index in [9.17, 15) is 8.42 Å². The van der Waals surface area contributed by atoms with Crippen LogP contribution in [0.5, 0.6) is 0 Å². The lowest BCUT2D eigenvalue weighted by molar-refractivity contribution is 0.306. The molecule has 18 heavy (non-hydrogen) atoms. The Labute approximate surface area is 110 Å². The molecule has 4 nitrogen and oxygen atoms in total. The zero-order chi connectivity index (χ0) is 13.0. The van der Waals surface area contributed by atoms with Gasteiger partial charge in [-0.15, -0.1) is 11.3 Å². The van der Waals surface area contributed by atoms with Crippen LogP contribution in [0.15, 0.2) is 52.1 Å². The molecule has 0 unspecified atom stereocenters. The third kappa shape index (κ3) is 2.55. The van der Waals surface area contributed by atoms with Crippen LogP contribution in [0.1, 0.15) is 0 Å². The van der Waals surface area contributed by atoms with Gasteiger partial charge in [0.15, 0.2) is 0 Å². The van der Waals surface area contributed by atoms with E-state index in [2.05, 4.69) is 0 Å². The molecule has 0 radical (unpaired) electrons. The maximum atomic E-state index is 12.4. The highest BCUT2D eigenvalue weighted by Gasteiger charge is 2.25. The number of aliphatic hydroxyl groups excluding tert-OH is 1. The number of anilines is 1. The Morgan fingerprint density at radius 1 is 1.11 bits per heavy atom. The van der Waals surface area contributed by atoms with Gasteiger partial charge in [-0.3, -0.25) is 4.31 Å². The Balaban J connectivity index is 2.43. The van der Waals surface area contributed by atoms with Crippen LogP contribution >= 0.6 is 11.3 Å². The minimum atomic E-state index is -3.58. The molecule has 0 spiro atoms. The number of hydrogen-bond acceptors (Lipinski definition) is 4. The third-order valence-corrected chi connectivity index (χ3v) is 5.59. The van der Waals surface area contributed by atoms with Crippen LogP contribution in [0.4, 0.5) is 5.69 Å². The first-order chi connectivity index (χ1) is 8.66. The highest BCUT2D eigenvalue weighted by molar-refractivity contribution is 7.94. The van der Waals surface area contributed by atoms with Crippen molar-refractivity contribution in [3.8, 4) is 0 Å². The van der Waals surface area contributed by atoms with E-state index in [-0.39, 0.29) is 17.4 Å². The summed E-state index contributed by atoms with van der Waals surface area (Å²) in [6, 6.07) is 12.0. The average Bonchev–Trinajstić information content (AvgIpc) is 2.91. The second-order valence-corrected chi connectivity index (χ2v) is 6.61. The Kier molecular flexibility index (Phi) is 4.00. The smallest absolute Gasteiger partial charge is 0.273 e. The maximum Gasteiger partial charge on any atom is 0.273 e. The minimum Gasteiger partial charge on any atom is -0.394 e. The van der Waals surface area contributed by atoms with E-state index >= 15 is 0 Å². The molecule has 1 aromatic heterocycles. The van der Waals surface area contributed by atoms with Gasteiger partial charge in [-0.2, -0.15) is 0 Å². The number of hydrogen-bond donors (Lipinski definition) is 1. The van der Waals surface area contributed by atoms with Gasteiger partial charge in [0.25, 0.3) is 10.0 Å². The Hall–Kier alpha value is -1.37. The summed E-state index contributed by atoms with van der Waals surface area (Å²) in [4.78, 5) is 0. The van der Waals surface area contributed by atoms with Gasteiger partial charge < -0.3 is 5.11 Å². The summed E-state index contributed by atoms with van der Waals surface area (Å²) in [5.41, 5.74) is 0.556. The molecule has 0 amide bonds.